The number of phenolic OH excluding ortho intramolecular Hbond substituents is 1. The number of aromatic hydroxyl groups is 1. The van der Waals surface area contributed by atoms with Gasteiger partial charge in [-0.1, -0.05) is 18.0 Å². The quantitative estimate of drug-likeness (QED) is 0.401. The Morgan fingerprint density at radius 2 is 2.00 bits per heavy atom. The van der Waals surface area contributed by atoms with Gasteiger partial charge in [0.2, 0.25) is 0 Å². The molecule has 1 aromatic heterocycles. The van der Waals surface area contributed by atoms with Gasteiger partial charge in [-0.25, -0.2) is 4.39 Å². The fourth-order valence-corrected chi connectivity index (χ4v) is 4.26. The first-order valence-electron chi connectivity index (χ1n) is 11.2. The Kier molecular flexibility index (Phi) is 7.56. The summed E-state index contributed by atoms with van der Waals surface area (Å²) in [6.45, 7) is 3.82. The van der Waals surface area contributed by atoms with Crippen molar-refractivity contribution in [1.29, 1.82) is 5.26 Å². The number of likely N-dealkylation sites (tertiary alicyclic amines) is 1. The molecule has 1 aliphatic rings. The van der Waals surface area contributed by atoms with Crippen molar-refractivity contribution in [3.63, 3.8) is 0 Å². The fraction of sp³-hybridized carbons (Fsp3) is 0.360. The zero-order valence-corrected chi connectivity index (χ0v) is 19.7. The lowest BCUT2D eigenvalue weighted by Crippen LogP contribution is -2.31. The molecule has 1 fully saturated rings. The van der Waals surface area contributed by atoms with Crippen LogP contribution in [0.1, 0.15) is 31.2 Å². The summed E-state index contributed by atoms with van der Waals surface area (Å²) < 4.78 is 26.0. The van der Waals surface area contributed by atoms with Crippen molar-refractivity contribution in [3.8, 4) is 23.3 Å². The van der Waals surface area contributed by atoms with Crippen LogP contribution in [0.5, 0.6) is 17.2 Å². The third kappa shape index (κ3) is 5.27. The van der Waals surface area contributed by atoms with E-state index in [1.807, 2.05) is 0 Å². The molecule has 0 aliphatic carbocycles. The lowest BCUT2D eigenvalue weighted by Gasteiger charge is -2.26. The molecule has 34 heavy (non-hydrogen) atoms. The molecular formula is C25H26ClFN4O3. The van der Waals surface area contributed by atoms with Gasteiger partial charge in [0.05, 0.1) is 41.2 Å². The second kappa shape index (κ2) is 10.8. The van der Waals surface area contributed by atoms with Crippen LogP contribution in [0.15, 0.2) is 30.5 Å². The summed E-state index contributed by atoms with van der Waals surface area (Å²) in [6.07, 6.45) is 6.13. The van der Waals surface area contributed by atoms with Crippen LogP contribution in [0, 0.1) is 17.1 Å². The van der Waals surface area contributed by atoms with Crippen molar-refractivity contribution in [1.82, 2.24) is 9.88 Å². The van der Waals surface area contributed by atoms with Crippen LogP contribution in [0.3, 0.4) is 0 Å². The Morgan fingerprint density at radius 3 is 2.74 bits per heavy atom. The normalized spacial score (nSPS) is 14.1. The van der Waals surface area contributed by atoms with Crippen LogP contribution in [-0.4, -0.2) is 48.3 Å². The molecule has 0 bridgehead atoms. The molecule has 2 heterocycles. The van der Waals surface area contributed by atoms with E-state index < -0.39 is 5.82 Å². The molecule has 0 radical (unpaired) electrons. The molecule has 2 N–H and O–H groups in total. The molecule has 178 valence electrons. The highest BCUT2D eigenvalue weighted by molar-refractivity contribution is 6.32. The smallest absolute Gasteiger partial charge is 0.163 e. The van der Waals surface area contributed by atoms with Crippen molar-refractivity contribution in [3.05, 3.63) is 46.9 Å². The number of hydrogen-bond donors (Lipinski definition) is 2. The lowest BCUT2D eigenvalue weighted by atomic mass is 10.1. The number of halogens is 2. The third-order valence-electron chi connectivity index (χ3n) is 5.89. The molecule has 4 rings (SSSR count). The molecule has 2 aromatic carbocycles. The Morgan fingerprint density at radius 1 is 1.21 bits per heavy atom. The summed E-state index contributed by atoms with van der Waals surface area (Å²) in [5, 5.41) is 22.8. The SMILES string of the molecule is COc1cc2c(Nc3cc(O)c(Cl)cc3F)c(C#N)cnc2cc1OCCCN1CCCCC1. The maximum absolute atomic E-state index is 14.5. The maximum Gasteiger partial charge on any atom is 0.163 e. The average Bonchev–Trinajstić information content (AvgIpc) is 2.85. The molecule has 0 spiro atoms. The summed E-state index contributed by atoms with van der Waals surface area (Å²) >= 11 is 5.78. The van der Waals surface area contributed by atoms with Crippen LogP contribution in [0.4, 0.5) is 15.8 Å². The first kappa shape index (κ1) is 23.9. The van der Waals surface area contributed by atoms with Crippen molar-refractivity contribution < 1.29 is 19.0 Å². The molecule has 9 heteroatoms. The zero-order chi connectivity index (χ0) is 24.1. The van der Waals surface area contributed by atoms with Crippen molar-refractivity contribution in [2.45, 2.75) is 25.7 Å². The highest BCUT2D eigenvalue weighted by Crippen LogP contribution is 2.38. The van der Waals surface area contributed by atoms with E-state index in [4.69, 9.17) is 21.1 Å². The van der Waals surface area contributed by atoms with E-state index in [1.54, 1.807) is 12.1 Å². The minimum absolute atomic E-state index is 0.0251. The maximum atomic E-state index is 14.5. The number of benzene rings is 2. The molecule has 0 atom stereocenters. The largest absolute Gasteiger partial charge is 0.506 e. The molecule has 1 saturated heterocycles. The van der Waals surface area contributed by atoms with Crippen LogP contribution in [0.25, 0.3) is 10.9 Å². The van der Waals surface area contributed by atoms with Gasteiger partial charge in [-0.15, -0.1) is 0 Å². The van der Waals surface area contributed by atoms with Crippen LogP contribution in [-0.2, 0) is 0 Å². The number of aromatic nitrogens is 1. The van der Waals surface area contributed by atoms with Gasteiger partial charge < -0.3 is 24.8 Å². The van der Waals surface area contributed by atoms with E-state index in [0.29, 0.717) is 34.7 Å². The van der Waals surface area contributed by atoms with Gasteiger partial charge in [-0.3, -0.25) is 4.98 Å². The number of anilines is 2. The predicted octanol–water partition coefficient (Wildman–Crippen LogP) is 5.61. The van der Waals surface area contributed by atoms with E-state index in [2.05, 4.69) is 21.3 Å². The number of nitrogens with one attached hydrogen (secondary N) is 1. The number of ether oxygens (including phenoxy) is 2. The lowest BCUT2D eigenvalue weighted by molar-refractivity contribution is 0.203. The van der Waals surface area contributed by atoms with Crippen LogP contribution < -0.4 is 14.8 Å². The predicted molar refractivity (Wildman–Crippen MR) is 130 cm³/mol. The number of phenols is 1. The van der Waals surface area contributed by atoms with Crippen LogP contribution >= 0.6 is 11.6 Å². The van der Waals surface area contributed by atoms with Gasteiger partial charge in [-0.2, -0.15) is 5.26 Å². The Bertz CT molecular complexity index is 1230. The highest BCUT2D eigenvalue weighted by atomic mass is 35.5. The number of rotatable bonds is 8. The number of piperidine rings is 1. The summed E-state index contributed by atoms with van der Waals surface area (Å²) in [6, 6.07) is 7.69. The van der Waals surface area contributed by atoms with Gasteiger partial charge in [0.15, 0.2) is 11.5 Å². The van der Waals surface area contributed by atoms with E-state index in [0.717, 1.165) is 32.1 Å². The molecule has 0 unspecified atom stereocenters. The third-order valence-corrected chi connectivity index (χ3v) is 6.20. The number of hydrogen-bond acceptors (Lipinski definition) is 7. The summed E-state index contributed by atoms with van der Waals surface area (Å²) in [4.78, 5) is 6.84. The highest BCUT2D eigenvalue weighted by Gasteiger charge is 2.17. The zero-order valence-electron chi connectivity index (χ0n) is 18.9. The van der Waals surface area contributed by atoms with Gasteiger partial charge in [-0.05, 0) is 44.5 Å². The standard InChI is InChI=1S/C25H26ClFN4O3/c1-33-23-10-17-20(13-24(23)34-9-5-8-31-6-3-2-4-7-31)29-15-16(14-28)25(17)30-21-12-22(32)18(26)11-19(21)27/h10-13,15,32H,2-9H2,1H3,(H,29,30). The Labute approximate surface area is 202 Å². The Hall–Kier alpha value is -3.28. The number of fused-ring (bicyclic) bond motifs is 1. The summed E-state index contributed by atoms with van der Waals surface area (Å²) in [7, 11) is 1.54. The van der Waals surface area contributed by atoms with E-state index in [-0.39, 0.29) is 22.0 Å². The van der Waals surface area contributed by atoms with E-state index >= 15 is 0 Å². The van der Waals surface area contributed by atoms with Crippen molar-refractivity contribution in [2.75, 3.05) is 38.7 Å². The van der Waals surface area contributed by atoms with Gasteiger partial charge >= 0.3 is 0 Å². The summed E-state index contributed by atoms with van der Waals surface area (Å²) in [5.74, 6) is 0.0782. The number of pyridine rings is 1. The Balaban J connectivity index is 1.59. The first-order valence-corrected chi connectivity index (χ1v) is 11.6. The van der Waals surface area contributed by atoms with Gasteiger partial charge in [0, 0.05) is 30.3 Å². The summed E-state index contributed by atoms with van der Waals surface area (Å²) in [5.41, 5.74) is 1.07. The number of nitrogens with zero attached hydrogens (tertiary/aromatic N) is 3. The number of methoxy groups -OCH3 is 1. The van der Waals surface area contributed by atoms with Crippen molar-refractivity contribution in [2.24, 2.45) is 0 Å². The van der Waals surface area contributed by atoms with Crippen LogP contribution in [0.2, 0.25) is 5.02 Å². The molecule has 1 aliphatic heterocycles. The monoisotopic (exact) mass is 484 g/mol. The number of nitriles is 1. The fourth-order valence-electron chi connectivity index (χ4n) is 4.11. The van der Waals surface area contributed by atoms with E-state index in [9.17, 15) is 14.8 Å². The molecule has 7 nitrogen and oxygen atoms in total. The first-order chi connectivity index (χ1) is 16.5. The van der Waals surface area contributed by atoms with Gasteiger partial charge in [0.1, 0.15) is 17.6 Å². The van der Waals surface area contributed by atoms with E-state index in [1.165, 1.54) is 38.6 Å². The minimum Gasteiger partial charge on any atom is -0.506 e. The molecular weight excluding hydrogens is 459 g/mol. The average molecular weight is 485 g/mol. The van der Waals surface area contributed by atoms with Crippen molar-refractivity contribution >= 4 is 33.9 Å². The van der Waals surface area contributed by atoms with Gasteiger partial charge in [0.25, 0.3) is 0 Å². The molecule has 0 saturated carbocycles. The second-order valence-electron chi connectivity index (χ2n) is 8.19. The second-order valence-corrected chi connectivity index (χ2v) is 8.60. The topological polar surface area (TPSA) is 90.6 Å². The molecule has 0 amide bonds. The minimum atomic E-state index is -0.669. The molecule has 3 aromatic rings.